The molecule has 0 spiro atoms. The Morgan fingerprint density at radius 3 is 2.08 bits per heavy atom. The lowest BCUT2D eigenvalue weighted by Crippen LogP contribution is -2.60. The molecule has 226 valence electrons. The number of carbonyl (C=O) groups excluding carboxylic acids is 3. The number of fused-ring (bicyclic) bond motifs is 1. The number of nitrogens with one attached hydrogen (secondary N) is 1. The molecule has 1 amide bonds. The van der Waals surface area contributed by atoms with Gasteiger partial charge in [-0.2, -0.15) is 5.26 Å². The van der Waals surface area contributed by atoms with E-state index in [1.807, 2.05) is 19.9 Å². The van der Waals surface area contributed by atoms with Gasteiger partial charge in [0, 0.05) is 24.3 Å². The van der Waals surface area contributed by atoms with Crippen LogP contribution >= 0.6 is 0 Å². The molecule has 1 fully saturated rings. The summed E-state index contributed by atoms with van der Waals surface area (Å²) in [6.45, 7) is 23.7. The predicted molar refractivity (Wildman–Crippen MR) is 163 cm³/mol. The van der Waals surface area contributed by atoms with E-state index in [0.29, 0.717) is 6.42 Å². The number of nitriles is 1. The van der Waals surface area contributed by atoms with Gasteiger partial charge in [-0.15, -0.1) is 0 Å². The van der Waals surface area contributed by atoms with Crippen LogP contribution < -0.4 is 5.32 Å². The van der Waals surface area contributed by atoms with Crippen molar-refractivity contribution in [1.29, 1.82) is 5.26 Å². The molecule has 2 aliphatic carbocycles. The third kappa shape index (κ3) is 5.98. The molecule has 2 aliphatic rings. The summed E-state index contributed by atoms with van der Waals surface area (Å²) in [6, 6.07) is 2.20. The topological polar surface area (TPSA) is 87.0 Å². The van der Waals surface area contributed by atoms with Crippen molar-refractivity contribution in [2.24, 2.45) is 44.3 Å². The Kier molecular flexibility index (Phi) is 10.0. The Labute approximate surface area is 245 Å². The average molecular weight is 555 g/mol. The van der Waals surface area contributed by atoms with Crippen LogP contribution in [0, 0.1) is 55.7 Å². The third-order valence-corrected chi connectivity index (χ3v) is 12.5. The maximum atomic E-state index is 13.3. The van der Waals surface area contributed by atoms with Crippen molar-refractivity contribution in [3.05, 3.63) is 11.6 Å². The second kappa shape index (κ2) is 11.7. The summed E-state index contributed by atoms with van der Waals surface area (Å²) in [6.07, 6.45) is 9.65. The number of Topliss-reactive ketones (excluding diaryl/α,β-unsaturated/α-hetero) is 2. The molecule has 1 saturated carbocycles. The minimum Gasteiger partial charge on any atom is -0.359 e. The van der Waals surface area contributed by atoms with Crippen LogP contribution in [0.4, 0.5) is 0 Å². The van der Waals surface area contributed by atoms with Gasteiger partial charge in [-0.05, 0) is 78.9 Å². The summed E-state index contributed by atoms with van der Waals surface area (Å²) in [5.41, 5.74) is -1.50. The lowest BCUT2D eigenvalue weighted by molar-refractivity contribution is -0.159. The minimum atomic E-state index is -0.655. The molecule has 0 bridgehead atoms. The molecule has 0 radical (unpaired) electrons. The number of rotatable bonds is 12. The van der Waals surface area contributed by atoms with E-state index in [2.05, 4.69) is 66.8 Å². The predicted octanol–water partition coefficient (Wildman–Crippen LogP) is 8.23. The second-order valence-electron chi connectivity index (χ2n) is 15.6. The smallest absolute Gasteiger partial charge is 0.225 e. The van der Waals surface area contributed by atoms with Crippen LogP contribution in [0.5, 0.6) is 0 Å². The fraction of sp³-hybridized carbons (Fsp3) is 0.829. The van der Waals surface area contributed by atoms with Gasteiger partial charge < -0.3 is 10.1 Å². The maximum absolute atomic E-state index is 13.3. The fourth-order valence-corrected chi connectivity index (χ4v) is 8.48. The molecule has 0 aliphatic heterocycles. The average Bonchev–Trinajstić information content (AvgIpc) is 2.89. The van der Waals surface area contributed by atoms with Crippen LogP contribution in [-0.4, -0.2) is 24.5 Å². The van der Waals surface area contributed by atoms with Crippen molar-refractivity contribution >= 4 is 17.5 Å². The summed E-state index contributed by atoms with van der Waals surface area (Å²) in [4.78, 5) is 39.4. The van der Waals surface area contributed by atoms with Crippen molar-refractivity contribution < 1.29 is 14.4 Å². The van der Waals surface area contributed by atoms with E-state index in [0.717, 1.165) is 51.4 Å². The van der Waals surface area contributed by atoms with Crippen LogP contribution in [-0.2, 0) is 14.4 Å². The highest BCUT2D eigenvalue weighted by Gasteiger charge is 2.64. The molecular weight excluding hydrogens is 496 g/mol. The second-order valence-corrected chi connectivity index (χ2v) is 15.6. The van der Waals surface area contributed by atoms with Gasteiger partial charge in [0.25, 0.3) is 0 Å². The van der Waals surface area contributed by atoms with Gasteiger partial charge in [0.2, 0.25) is 5.91 Å². The number of hydrogen-bond donors (Lipinski definition) is 1. The van der Waals surface area contributed by atoms with Crippen molar-refractivity contribution in [3.63, 3.8) is 0 Å². The van der Waals surface area contributed by atoms with Gasteiger partial charge in [0.15, 0.2) is 5.78 Å². The SMILES string of the molecule is CCC(C)(C)CC[C@@](C)(CC[C@](C)(CC)[C@]1(C)CCC2C(C)(C)C(=O)C(C#N)=C[C@]2(C)[C@H]1CC(C)=O)C(=O)NC. The normalized spacial score (nSPS) is 31.2. The van der Waals surface area contributed by atoms with Crippen LogP contribution in [0.1, 0.15) is 134 Å². The molecule has 5 heteroatoms. The third-order valence-electron chi connectivity index (χ3n) is 12.5. The maximum Gasteiger partial charge on any atom is 0.225 e. The number of hydrogen-bond acceptors (Lipinski definition) is 4. The molecule has 40 heavy (non-hydrogen) atoms. The van der Waals surface area contributed by atoms with Crippen molar-refractivity contribution in [1.82, 2.24) is 5.32 Å². The summed E-state index contributed by atoms with van der Waals surface area (Å²) >= 11 is 0. The molecule has 0 heterocycles. The molecule has 1 unspecified atom stereocenters. The number of amides is 1. The van der Waals surface area contributed by atoms with Gasteiger partial charge >= 0.3 is 0 Å². The zero-order valence-electron chi connectivity index (χ0n) is 27.8. The first-order valence-electron chi connectivity index (χ1n) is 15.6. The fourth-order valence-electron chi connectivity index (χ4n) is 8.48. The van der Waals surface area contributed by atoms with Gasteiger partial charge in [-0.1, -0.05) is 88.2 Å². The van der Waals surface area contributed by atoms with E-state index < -0.39 is 16.2 Å². The molecule has 5 nitrogen and oxygen atoms in total. The van der Waals surface area contributed by atoms with E-state index in [1.54, 1.807) is 14.0 Å². The minimum absolute atomic E-state index is 0.0118. The van der Waals surface area contributed by atoms with Crippen LogP contribution in [0.25, 0.3) is 0 Å². The molecule has 0 aromatic rings. The van der Waals surface area contributed by atoms with E-state index in [9.17, 15) is 19.6 Å². The highest BCUT2D eigenvalue weighted by atomic mass is 16.2. The Balaban J connectivity index is 2.59. The molecule has 2 rings (SSSR count). The molecule has 1 N–H and O–H groups in total. The van der Waals surface area contributed by atoms with E-state index in [-0.39, 0.29) is 51.1 Å². The largest absolute Gasteiger partial charge is 0.359 e. The first-order chi connectivity index (χ1) is 18.2. The first-order valence-corrected chi connectivity index (χ1v) is 15.6. The Morgan fingerprint density at radius 1 is 1.02 bits per heavy atom. The Bertz CT molecular complexity index is 1060. The van der Waals surface area contributed by atoms with Crippen molar-refractivity contribution in [3.8, 4) is 6.07 Å². The standard InChI is InChI=1S/C35H58N2O3/c1-13-30(4,5)17-18-32(8,29(40)37-12)19-20-33(9,14-2)35(11)16-15-26-31(6,7)28(39)25(23-36)22-34(26,10)27(35)21-24(3)38/h22,26-27H,13-21H2,1-12H3,(H,37,40)/t26?,27-,32+,33+,34+,35-/m1/s1. The number of nitrogens with zero attached hydrogens (tertiary/aromatic N) is 1. The van der Waals surface area contributed by atoms with Gasteiger partial charge in [0.1, 0.15) is 11.9 Å². The number of ketones is 2. The highest BCUT2D eigenvalue weighted by molar-refractivity contribution is 6.04. The van der Waals surface area contributed by atoms with Crippen LogP contribution in [0.15, 0.2) is 11.6 Å². The van der Waals surface area contributed by atoms with Gasteiger partial charge in [-0.25, -0.2) is 0 Å². The first kappa shape index (κ1) is 34.2. The van der Waals surface area contributed by atoms with E-state index in [4.69, 9.17) is 0 Å². The quantitative estimate of drug-likeness (QED) is 0.263. The van der Waals surface area contributed by atoms with Gasteiger partial charge in [0.05, 0.1) is 5.57 Å². The zero-order chi connectivity index (χ0) is 30.9. The number of carbonyl (C=O) groups is 3. The summed E-state index contributed by atoms with van der Waals surface area (Å²) in [5.74, 6) is 0.235. The van der Waals surface area contributed by atoms with Crippen molar-refractivity contribution in [2.45, 2.75) is 134 Å². The lowest BCUT2D eigenvalue weighted by atomic mass is 9.39. The van der Waals surface area contributed by atoms with Crippen molar-refractivity contribution in [2.75, 3.05) is 7.05 Å². The van der Waals surface area contributed by atoms with Crippen LogP contribution in [0.2, 0.25) is 0 Å². The molecule has 0 aromatic heterocycles. The summed E-state index contributed by atoms with van der Waals surface area (Å²) < 4.78 is 0. The highest BCUT2D eigenvalue weighted by Crippen LogP contribution is 2.68. The monoisotopic (exact) mass is 554 g/mol. The molecule has 0 aromatic carbocycles. The number of allylic oxidation sites excluding steroid dienone is 2. The lowest BCUT2D eigenvalue weighted by Gasteiger charge is -2.65. The molecule has 6 atom stereocenters. The van der Waals surface area contributed by atoms with Crippen LogP contribution in [0.3, 0.4) is 0 Å². The molecule has 0 saturated heterocycles. The Hall–Kier alpha value is -1.96. The zero-order valence-corrected chi connectivity index (χ0v) is 27.8. The van der Waals surface area contributed by atoms with E-state index >= 15 is 0 Å². The summed E-state index contributed by atoms with van der Waals surface area (Å²) in [7, 11) is 1.74. The van der Waals surface area contributed by atoms with Gasteiger partial charge in [-0.3, -0.25) is 9.59 Å². The van der Waals surface area contributed by atoms with E-state index in [1.165, 1.54) is 0 Å². The Morgan fingerprint density at radius 2 is 1.60 bits per heavy atom. The summed E-state index contributed by atoms with van der Waals surface area (Å²) in [5, 5.41) is 12.9. The molecular formula is C35H58N2O3.